The molecule has 1 aromatic heterocycles. The molecule has 1 amide bonds. The Morgan fingerprint density at radius 3 is 2.81 bits per heavy atom. The molecule has 2 aromatic carbocycles. The van der Waals surface area contributed by atoms with Gasteiger partial charge in [-0.25, -0.2) is 4.98 Å². The van der Waals surface area contributed by atoms with E-state index in [-0.39, 0.29) is 12.5 Å². The highest BCUT2D eigenvalue weighted by atomic mass is 16.3. The van der Waals surface area contributed by atoms with Crippen LogP contribution in [0.3, 0.4) is 0 Å². The van der Waals surface area contributed by atoms with E-state index < -0.39 is 0 Å². The van der Waals surface area contributed by atoms with Gasteiger partial charge in [-0.2, -0.15) is 0 Å². The zero-order valence-corrected chi connectivity index (χ0v) is 16.1. The van der Waals surface area contributed by atoms with E-state index in [0.717, 1.165) is 24.0 Å². The van der Waals surface area contributed by atoms with Crippen LogP contribution in [0.4, 0.5) is 0 Å². The SMILES string of the molecule is CC(C)c1cccc2c1CCN(C(=O)c1ccc3c(c1)nc(CO)n3C)C2. The van der Waals surface area contributed by atoms with Crippen molar-refractivity contribution in [3.05, 3.63) is 64.5 Å². The highest BCUT2D eigenvalue weighted by Gasteiger charge is 2.24. The number of fused-ring (bicyclic) bond motifs is 2. The fourth-order valence-corrected chi connectivity index (χ4v) is 4.06. The number of carbonyl (C=O) groups excluding carboxylic acids is 1. The highest BCUT2D eigenvalue weighted by Crippen LogP contribution is 2.28. The molecule has 0 bridgehead atoms. The quantitative estimate of drug-likeness (QED) is 0.776. The fourth-order valence-electron chi connectivity index (χ4n) is 4.06. The van der Waals surface area contributed by atoms with Crippen LogP contribution in [0.15, 0.2) is 36.4 Å². The van der Waals surface area contributed by atoms with Crippen molar-refractivity contribution in [2.75, 3.05) is 6.54 Å². The minimum absolute atomic E-state index is 0.0358. The molecule has 0 saturated heterocycles. The van der Waals surface area contributed by atoms with Crippen molar-refractivity contribution in [2.45, 2.75) is 39.3 Å². The average Bonchev–Trinajstić information content (AvgIpc) is 3.01. The number of aromatic nitrogens is 2. The molecule has 3 aromatic rings. The van der Waals surface area contributed by atoms with Gasteiger partial charge in [-0.3, -0.25) is 4.79 Å². The second kappa shape index (κ2) is 6.82. The van der Waals surface area contributed by atoms with Crippen molar-refractivity contribution in [1.29, 1.82) is 0 Å². The van der Waals surface area contributed by atoms with Gasteiger partial charge in [0.05, 0.1) is 11.0 Å². The van der Waals surface area contributed by atoms with Gasteiger partial charge in [0.25, 0.3) is 5.91 Å². The molecule has 4 rings (SSSR count). The van der Waals surface area contributed by atoms with Crippen molar-refractivity contribution in [1.82, 2.24) is 14.5 Å². The summed E-state index contributed by atoms with van der Waals surface area (Å²) in [7, 11) is 1.87. The Kier molecular flexibility index (Phi) is 4.48. The van der Waals surface area contributed by atoms with Crippen LogP contribution in [0.2, 0.25) is 0 Å². The van der Waals surface area contributed by atoms with E-state index in [9.17, 15) is 9.90 Å². The summed E-state index contributed by atoms with van der Waals surface area (Å²) in [6.07, 6.45) is 0.899. The summed E-state index contributed by atoms with van der Waals surface area (Å²) in [6, 6.07) is 12.0. The lowest BCUT2D eigenvalue weighted by atomic mass is 9.89. The molecule has 0 unspecified atom stereocenters. The third kappa shape index (κ3) is 3.02. The molecule has 1 aliphatic rings. The van der Waals surface area contributed by atoms with E-state index in [1.807, 2.05) is 34.7 Å². The summed E-state index contributed by atoms with van der Waals surface area (Å²) in [4.78, 5) is 19.4. The summed E-state index contributed by atoms with van der Waals surface area (Å²) in [6.45, 7) is 5.70. The standard InChI is InChI=1S/C22H25N3O2/c1-14(2)17-6-4-5-16-12-25(10-9-18(16)17)22(27)15-7-8-20-19(11-15)23-21(13-26)24(20)3/h4-8,11,14,26H,9-10,12-13H2,1-3H3. The number of imidazole rings is 1. The van der Waals surface area contributed by atoms with Crippen LogP contribution in [0.25, 0.3) is 11.0 Å². The Morgan fingerprint density at radius 2 is 2.07 bits per heavy atom. The van der Waals surface area contributed by atoms with Gasteiger partial charge < -0.3 is 14.6 Å². The number of rotatable bonds is 3. The molecule has 0 fully saturated rings. The molecule has 1 N–H and O–H groups in total. The first-order valence-corrected chi connectivity index (χ1v) is 9.45. The number of aliphatic hydroxyl groups excluding tert-OH is 1. The van der Waals surface area contributed by atoms with Gasteiger partial charge in [0.15, 0.2) is 0 Å². The fraction of sp³-hybridized carbons (Fsp3) is 0.364. The van der Waals surface area contributed by atoms with E-state index in [4.69, 9.17) is 0 Å². The molecule has 0 atom stereocenters. The number of carbonyl (C=O) groups is 1. The minimum atomic E-state index is -0.116. The summed E-state index contributed by atoms with van der Waals surface area (Å²) in [5.41, 5.74) is 6.36. The van der Waals surface area contributed by atoms with Gasteiger partial charge in [-0.15, -0.1) is 0 Å². The van der Waals surface area contributed by atoms with Crippen LogP contribution in [0, 0.1) is 0 Å². The normalized spacial score (nSPS) is 14.0. The molecule has 1 aliphatic heterocycles. The van der Waals surface area contributed by atoms with Gasteiger partial charge in [0.1, 0.15) is 12.4 Å². The molecule has 0 aliphatic carbocycles. The number of benzene rings is 2. The summed E-state index contributed by atoms with van der Waals surface area (Å²) in [5.74, 6) is 1.13. The maximum absolute atomic E-state index is 13.1. The number of aliphatic hydroxyl groups is 1. The third-order valence-corrected chi connectivity index (χ3v) is 5.57. The summed E-state index contributed by atoms with van der Waals surface area (Å²) >= 11 is 0. The Balaban J connectivity index is 1.62. The lowest BCUT2D eigenvalue weighted by Gasteiger charge is -2.31. The second-order valence-corrected chi connectivity index (χ2v) is 7.56. The topological polar surface area (TPSA) is 58.4 Å². The number of hydrogen-bond donors (Lipinski definition) is 1. The zero-order chi connectivity index (χ0) is 19.1. The largest absolute Gasteiger partial charge is 0.388 e. The maximum atomic E-state index is 13.1. The molecule has 5 nitrogen and oxygen atoms in total. The van der Waals surface area contributed by atoms with E-state index in [2.05, 4.69) is 37.0 Å². The van der Waals surface area contributed by atoms with Crippen LogP contribution >= 0.6 is 0 Å². The van der Waals surface area contributed by atoms with Gasteiger partial charge >= 0.3 is 0 Å². The zero-order valence-electron chi connectivity index (χ0n) is 16.1. The molecule has 0 spiro atoms. The summed E-state index contributed by atoms with van der Waals surface area (Å²) < 4.78 is 1.86. The lowest BCUT2D eigenvalue weighted by molar-refractivity contribution is 0.0734. The predicted molar refractivity (Wildman–Crippen MR) is 106 cm³/mol. The molecule has 5 heteroatoms. The Labute approximate surface area is 159 Å². The molecule has 140 valence electrons. The smallest absolute Gasteiger partial charge is 0.254 e. The van der Waals surface area contributed by atoms with Gasteiger partial charge in [0, 0.05) is 25.7 Å². The number of amides is 1. The maximum Gasteiger partial charge on any atom is 0.254 e. The van der Waals surface area contributed by atoms with Crippen molar-refractivity contribution in [3.63, 3.8) is 0 Å². The average molecular weight is 363 g/mol. The van der Waals surface area contributed by atoms with Crippen molar-refractivity contribution >= 4 is 16.9 Å². The lowest BCUT2D eigenvalue weighted by Crippen LogP contribution is -2.36. The van der Waals surface area contributed by atoms with E-state index >= 15 is 0 Å². The molecule has 27 heavy (non-hydrogen) atoms. The molecule has 0 radical (unpaired) electrons. The predicted octanol–water partition coefficient (Wildman–Crippen LogP) is 3.39. The number of nitrogens with zero attached hydrogens (tertiary/aromatic N) is 3. The van der Waals surface area contributed by atoms with Crippen LogP contribution < -0.4 is 0 Å². The van der Waals surface area contributed by atoms with Gasteiger partial charge in [-0.1, -0.05) is 32.0 Å². The van der Waals surface area contributed by atoms with E-state index in [1.54, 1.807) is 0 Å². The first-order chi connectivity index (χ1) is 13.0. The van der Waals surface area contributed by atoms with Crippen LogP contribution in [0.1, 0.15) is 52.6 Å². The first-order valence-electron chi connectivity index (χ1n) is 9.45. The van der Waals surface area contributed by atoms with Crippen LogP contribution in [-0.2, 0) is 26.6 Å². The molecule has 0 saturated carbocycles. The van der Waals surface area contributed by atoms with Crippen LogP contribution in [0.5, 0.6) is 0 Å². The monoisotopic (exact) mass is 363 g/mol. The Bertz CT molecular complexity index is 1020. The second-order valence-electron chi connectivity index (χ2n) is 7.56. The third-order valence-electron chi connectivity index (χ3n) is 5.57. The van der Waals surface area contributed by atoms with Crippen molar-refractivity contribution in [2.24, 2.45) is 7.05 Å². The molecular weight excluding hydrogens is 338 g/mol. The number of aryl methyl sites for hydroxylation is 1. The van der Waals surface area contributed by atoms with E-state index in [1.165, 1.54) is 16.7 Å². The van der Waals surface area contributed by atoms with Gasteiger partial charge in [0.2, 0.25) is 0 Å². The summed E-state index contributed by atoms with van der Waals surface area (Å²) in [5, 5.41) is 9.40. The minimum Gasteiger partial charge on any atom is -0.388 e. The highest BCUT2D eigenvalue weighted by molar-refractivity contribution is 5.97. The van der Waals surface area contributed by atoms with Crippen molar-refractivity contribution < 1.29 is 9.90 Å². The van der Waals surface area contributed by atoms with Gasteiger partial charge in [-0.05, 0) is 47.2 Å². The van der Waals surface area contributed by atoms with E-state index in [0.29, 0.717) is 23.9 Å². The van der Waals surface area contributed by atoms with Crippen LogP contribution in [-0.4, -0.2) is 32.0 Å². The Hall–Kier alpha value is -2.66. The Morgan fingerprint density at radius 1 is 1.26 bits per heavy atom. The number of hydrogen-bond acceptors (Lipinski definition) is 3. The molecular formula is C22H25N3O2. The first kappa shape index (κ1) is 17.7. The van der Waals surface area contributed by atoms with Crippen molar-refractivity contribution in [3.8, 4) is 0 Å². The molecule has 2 heterocycles.